The largest absolute Gasteiger partial charge is 0.484 e. The summed E-state index contributed by atoms with van der Waals surface area (Å²) < 4.78 is 5.27. The summed E-state index contributed by atoms with van der Waals surface area (Å²) in [7, 11) is 0. The number of benzene rings is 1. The number of nitrogens with zero attached hydrogens (tertiary/aromatic N) is 3. The van der Waals surface area contributed by atoms with Crippen molar-refractivity contribution in [3.8, 4) is 5.75 Å². The minimum Gasteiger partial charge on any atom is -0.484 e. The van der Waals surface area contributed by atoms with E-state index in [1.165, 1.54) is 0 Å². The van der Waals surface area contributed by atoms with E-state index in [1.807, 2.05) is 6.20 Å². The molecule has 26 heavy (non-hydrogen) atoms. The van der Waals surface area contributed by atoms with Gasteiger partial charge in [-0.1, -0.05) is 26.8 Å². The Bertz CT molecular complexity index is 858. The van der Waals surface area contributed by atoms with E-state index >= 15 is 0 Å². The molecule has 0 atom stereocenters. The maximum atomic E-state index is 12.8. The molecule has 7 heteroatoms. The summed E-state index contributed by atoms with van der Waals surface area (Å²) >= 11 is 0. The molecule has 1 aliphatic rings. The quantitative estimate of drug-likeness (QED) is 0.902. The number of hydrogen-bond acceptors (Lipinski definition) is 5. The third kappa shape index (κ3) is 3.82. The van der Waals surface area contributed by atoms with Gasteiger partial charge in [0.25, 0.3) is 11.8 Å². The second kappa shape index (κ2) is 6.74. The fourth-order valence-corrected chi connectivity index (χ4v) is 2.71. The molecule has 2 aromatic rings. The average Bonchev–Trinajstić information content (AvgIpc) is 3.02. The van der Waals surface area contributed by atoms with Crippen LogP contribution in [0.25, 0.3) is 0 Å². The zero-order valence-electron chi connectivity index (χ0n) is 15.2. The first-order valence-electron chi connectivity index (χ1n) is 8.40. The predicted octanol–water partition coefficient (Wildman–Crippen LogP) is 1.79. The van der Waals surface area contributed by atoms with Crippen LogP contribution in [0.1, 0.15) is 48.2 Å². The van der Waals surface area contributed by atoms with Gasteiger partial charge >= 0.3 is 0 Å². The summed E-state index contributed by atoms with van der Waals surface area (Å²) in [5.41, 5.74) is 7.28. The topological polar surface area (TPSA) is 98.4 Å². The van der Waals surface area contributed by atoms with Crippen LogP contribution in [0.15, 0.2) is 30.5 Å². The molecule has 136 valence electrons. The molecule has 0 bridgehead atoms. The molecule has 1 aromatic carbocycles. The van der Waals surface area contributed by atoms with Crippen molar-refractivity contribution in [1.82, 2.24) is 14.9 Å². The Balaban J connectivity index is 1.75. The lowest BCUT2D eigenvalue weighted by molar-refractivity contribution is -0.119. The first-order chi connectivity index (χ1) is 12.2. The van der Waals surface area contributed by atoms with Gasteiger partial charge in [0, 0.05) is 29.3 Å². The van der Waals surface area contributed by atoms with Crippen LogP contribution in [-0.2, 0) is 23.3 Å². The van der Waals surface area contributed by atoms with Crippen LogP contribution in [-0.4, -0.2) is 33.3 Å². The number of ether oxygens (including phenoxy) is 1. The normalized spacial score (nSPS) is 13.4. The smallest absolute Gasteiger partial charge is 0.255 e. The zero-order valence-corrected chi connectivity index (χ0v) is 15.2. The molecule has 0 radical (unpaired) electrons. The minimum atomic E-state index is -0.565. The molecule has 0 saturated heterocycles. The molecule has 0 saturated carbocycles. The second-order valence-corrected chi connectivity index (χ2v) is 7.36. The summed E-state index contributed by atoms with van der Waals surface area (Å²) in [6, 6.07) is 6.72. The van der Waals surface area contributed by atoms with Crippen LogP contribution in [0, 0.1) is 0 Å². The van der Waals surface area contributed by atoms with Crippen LogP contribution >= 0.6 is 0 Å². The molecular formula is C19H22N4O3. The second-order valence-electron chi connectivity index (χ2n) is 7.36. The molecular weight excluding hydrogens is 332 g/mol. The molecule has 0 aliphatic carbocycles. The zero-order chi connectivity index (χ0) is 18.9. The molecule has 7 nitrogen and oxygen atoms in total. The molecule has 0 spiro atoms. The molecule has 1 aromatic heterocycles. The van der Waals surface area contributed by atoms with E-state index < -0.39 is 5.91 Å². The minimum absolute atomic E-state index is 0.121. The van der Waals surface area contributed by atoms with Crippen LogP contribution < -0.4 is 10.5 Å². The van der Waals surface area contributed by atoms with Gasteiger partial charge < -0.3 is 15.4 Å². The Labute approximate surface area is 152 Å². The Morgan fingerprint density at radius 2 is 2.04 bits per heavy atom. The van der Waals surface area contributed by atoms with Crippen LogP contribution in [0.5, 0.6) is 5.75 Å². The van der Waals surface area contributed by atoms with Crippen molar-refractivity contribution >= 4 is 11.8 Å². The van der Waals surface area contributed by atoms with Crippen LogP contribution in [0.4, 0.5) is 0 Å². The highest BCUT2D eigenvalue weighted by Gasteiger charge is 2.28. The van der Waals surface area contributed by atoms with E-state index in [-0.39, 0.29) is 17.9 Å². The monoisotopic (exact) mass is 354 g/mol. The molecule has 0 unspecified atom stereocenters. The molecule has 3 rings (SSSR count). The fourth-order valence-electron chi connectivity index (χ4n) is 2.71. The lowest BCUT2D eigenvalue weighted by Gasteiger charge is -2.16. The van der Waals surface area contributed by atoms with Crippen LogP contribution in [0.2, 0.25) is 0 Å². The lowest BCUT2D eigenvalue weighted by atomic mass is 9.95. The summed E-state index contributed by atoms with van der Waals surface area (Å²) in [6.45, 7) is 6.88. The van der Waals surface area contributed by atoms with Gasteiger partial charge in [-0.05, 0) is 18.2 Å². The summed E-state index contributed by atoms with van der Waals surface area (Å²) in [5.74, 6) is 0.517. The number of aromatic nitrogens is 2. The highest BCUT2D eigenvalue weighted by atomic mass is 16.5. The van der Waals surface area contributed by atoms with Crippen molar-refractivity contribution in [2.45, 2.75) is 39.3 Å². The summed E-state index contributed by atoms with van der Waals surface area (Å²) in [6.07, 6.45) is 1.81. The van der Waals surface area contributed by atoms with E-state index in [0.717, 1.165) is 17.1 Å². The number of primary amides is 1. The van der Waals surface area contributed by atoms with Crippen molar-refractivity contribution in [2.75, 3.05) is 6.61 Å². The molecule has 2 N–H and O–H groups in total. The number of amides is 2. The SMILES string of the molecule is CC(C)(C)c1ncc2c(n1)CN(C(=O)c1cccc(OCC(N)=O)c1)C2. The molecule has 0 fully saturated rings. The summed E-state index contributed by atoms with van der Waals surface area (Å²) in [5, 5.41) is 0. The van der Waals surface area contributed by atoms with Crippen molar-refractivity contribution in [3.05, 3.63) is 53.1 Å². The van der Waals surface area contributed by atoms with Gasteiger partial charge in [0.15, 0.2) is 6.61 Å². The van der Waals surface area contributed by atoms with Crippen molar-refractivity contribution in [1.29, 1.82) is 0 Å². The molecule has 2 heterocycles. The Hall–Kier alpha value is -2.96. The van der Waals surface area contributed by atoms with E-state index in [0.29, 0.717) is 24.4 Å². The van der Waals surface area contributed by atoms with Gasteiger partial charge in [-0.15, -0.1) is 0 Å². The van der Waals surface area contributed by atoms with E-state index in [4.69, 9.17) is 10.5 Å². The number of carbonyl (C=O) groups excluding carboxylic acids is 2. The third-order valence-electron chi connectivity index (χ3n) is 4.08. The van der Waals surface area contributed by atoms with Crippen molar-refractivity contribution in [3.63, 3.8) is 0 Å². The van der Waals surface area contributed by atoms with Gasteiger partial charge in [0.2, 0.25) is 0 Å². The Morgan fingerprint density at radius 1 is 1.27 bits per heavy atom. The third-order valence-corrected chi connectivity index (χ3v) is 4.08. The maximum Gasteiger partial charge on any atom is 0.255 e. The van der Waals surface area contributed by atoms with Gasteiger partial charge in [0.05, 0.1) is 12.2 Å². The van der Waals surface area contributed by atoms with E-state index in [9.17, 15) is 9.59 Å². The van der Waals surface area contributed by atoms with Crippen molar-refractivity contribution in [2.24, 2.45) is 5.73 Å². The van der Waals surface area contributed by atoms with Crippen LogP contribution in [0.3, 0.4) is 0 Å². The highest BCUT2D eigenvalue weighted by molar-refractivity contribution is 5.94. The number of rotatable bonds is 4. The van der Waals surface area contributed by atoms with Gasteiger partial charge in [-0.2, -0.15) is 0 Å². The summed E-state index contributed by atoms with van der Waals surface area (Å²) in [4.78, 5) is 34.4. The lowest BCUT2D eigenvalue weighted by Crippen LogP contribution is -2.25. The number of nitrogens with two attached hydrogens (primary N) is 1. The number of hydrogen-bond donors (Lipinski definition) is 1. The van der Waals surface area contributed by atoms with Gasteiger partial charge in [-0.3, -0.25) is 9.59 Å². The van der Waals surface area contributed by atoms with Gasteiger partial charge in [0.1, 0.15) is 11.6 Å². The Morgan fingerprint density at radius 3 is 2.73 bits per heavy atom. The predicted molar refractivity (Wildman–Crippen MR) is 95.4 cm³/mol. The standard InChI is InChI=1S/C19H22N4O3/c1-19(2,3)18-21-8-13-9-23(10-15(13)22-18)17(25)12-5-4-6-14(7-12)26-11-16(20)24/h4-8H,9-11H2,1-3H3,(H2,20,24). The number of fused-ring (bicyclic) bond motifs is 1. The van der Waals surface area contributed by atoms with Crippen molar-refractivity contribution < 1.29 is 14.3 Å². The molecule has 2 amide bonds. The first-order valence-corrected chi connectivity index (χ1v) is 8.40. The fraction of sp³-hybridized carbons (Fsp3) is 0.368. The highest BCUT2D eigenvalue weighted by Crippen LogP contribution is 2.26. The molecule has 1 aliphatic heterocycles. The average molecular weight is 354 g/mol. The van der Waals surface area contributed by atoms with Gasteiger partial charge in [-0.25, -0.2) is 9.97 Å². The number of carbonyl (C=O) groups is 2. The van der Waals surface area contributed by atoms with E-state index in [2.05, 4.69) is 30.7 Å². The maximum absolute atomic E-state index is 12.8. The van der Waals surface area contributed by atoms with E-state index in [1.54, 1.807) is 29.2 Å². The Kier molecular flexibility index (Phi) is 4.63. The first kappa shape index (κ1) is 17.8.